The molecule has 3 aliphatic heterocycles. The molecule has 2 atom stereocenters. The maximum atomic E-state index is 13.4. The number of amides is 2. The van der Waals surface area contributed by atoms with Gasteiger partial charge in [-0.25, -0.2) is 0 Å². The minimum absolute atomic E-state index is 0.0214. The summed E-state index contributed by atoms with van der Waals surface area (Å²) >= 11 is -1.14. The number of nitrogens with one attached hydrogen (secondary N) is 4. The van der Waals surface area contributed by atoms with E-state index >= 15 is 0 Å². The van der Waals surface area contributed by atoms with Crippen molar-refractivity contribution in [2.24, 2.45) is 15.0 Å². The molecule has 3 aliphatic rings. The van der Waals surface area contributed by atoms with Crippen molar-refractivity contribution in [1.82, 2.24) is 24.4 Å². The minimum atomic E-state index is -2.48. The van der Waals surface area contributed by atoms with Gasteiger partial charge in [-0.15, -0.1) is 0 Å². The van der Waals surface area contributed by atoms with E-state index < -0.39 is 32.1 Å². The molecule has 1 radical (unpaired) electrons. The van der Waals surface area contributed by atoms with E-state index in [-0.39, 0.29) is 48.8 Å². The summed E-state index contributed by atoms with van der Waals surface area (Å²) in [5, 5.41) is 19.1. The first-order valence-corrected chi connectivity index (χ1v) is 23.1. The number of piperidine rings is 2. The van der Waals surface area contributed by atoms with Crippen LogP contribution in [0.25, 0.3) is 0 Å². The minimum Gasteiger partial charge on any atom is -0.317 e. The molecular weight excluding hydrogens is 789 g/mol. The average molecular weight is 836 g/mol. The van der Waals surface area contributed by atoms with Crippen molar-refractivity contribution in [2.45, 2.75) is 63.2 Å². The third kappa shape index (κ3) is 11.1. The van der Waals surface area contributed by atoms with Gasteiger partial charge in [-0.3, -0.25) is 4.79 Å². The summed E-state index contributed by atoms with van der Waals surface area (Å²) in [7, 11) is 0. The van der Waals surface area contributed by atoms with Gasteiger partial charge in [0.2, 0.25) is 0 Å². The molecule has 13 nitrogen and oxygen atoms in total. The van der Waals surface area contributed by atoms with Crippen molar-refractivity contribution in [1.29, 1.82) is 0 Å². The molecule has 0 aliphatic carbocycles. The summed E-state index contributed by atoms with van der Waals surface area (Å²) in [6, 6.07) is 18.8. The predicted molar refractivity (Wildman–Crippen MR) is 199 cm³/mol. The van der Waals surface area contributed by atoms with Crippen LogP contribution in [0.15, 0.2) is 63.9 Å². The molecule has 2 aromatic carbocycles. The molecule has 0 spiro atoms. The number of rotatable bonds is 17. The van der Waals surface area contributed by atoms with Crippen molar-refractivity contribution in [2.75, 3.05) is 44.7 Å². The molecule has 2 amide bonds. The molecular formula is C37H46N7O6SSn. The number of ether oxygens (including phenoxy) is 2. The third-order valence-electron chi connectivity index (χ3n) is 9.63. The Morgan fingerprint density at radius 2 is 1.25 bits per heavy atom. The molecule has 52 heavy (non-hydrogen) atoms. The summed E-state index contributed by atoms with van der Waals surface area (Å²) < 4.78 is 20.3. The maximum absolute atomic E-state index is 13.4. The van der Waals surface area contributed by atoms with Crippen LogP contribution in [0.4, 0.5) is 5.13 Å². The van der Waals surface area contributed by atoms with Gasteiger partial charge in [0.15, 0.2) is 0 Å². The van der Waals surface area contributed by atoms with E-state index in [9.17, 15) is 19.2 Å². The van der Waals surface area contributed by atoms with Crippen LogP contribution in [0.3, 0.4) is 0 Å². The molecule has 0 bridgehead atoms. The topological polar surface area (TPSA) is 173 Å². The molecule has 4 N–H and O–H groups in total. The standard InChI is InChI=1S/C22H27N5O3S.C15H20N2O3.Sn/c23-12-6-2-5-9-19-26-27-22(31-19)25-20(28)18(16-7-3-1-4-8-16)15-30-21(29)17-10-13-24-14-11-17;16-14(18)13(11-4-2-1-3-5-11)10-20-15(19)12-6-8-17-9-7-12;/h1,3-4,7-8,17-18,24H,2,5-6,9-11,13-15H2,(H,25,27,28);1-5,12-13,17H,6-10H2,(H2,16,18);/q-1;;+2/p-1. The van der Waals surface area contributed by atoms with Gasteiger partial charge in [-0.2, -0.15) is 0 Å². The fourth-order valence-electron chi connectivity index (χ4n) is 6.45. The number of carbonyl (C=O) groups is 4. The molecule has 2 saturated heterocycles. The van der Waals surface area contributed by atoms with E-state index in [1.807, 2.05) is 60.7 Å². The second-order valence-corrected chi connectivity index (χ2v) is 19.4. The Morgan fingerprint density at radius 3 is 1.81 bits per heavy atom. The number of hydrogen-bond acceptors (Lipinski definition) is 12. The zero-order chi connectivity index (χ0) is 36.1. The summed E-state index contributed by atoms with van der Waals surface area (Å²) in [5.41, 5.74) is 1.58. The molecule has 3 aromatic rings. The van der Waals surface area contributed by atoms with Crippen molar-refractivity contribution < 1.29 is 28.7 Å². The van der Waals surface area contributed by atoms with Crippen LogP contribution < -0.4 is 19.5 Å². The Kier molecular flexibility index (Phi) is 14.2. The van der Waals surface area contributed by atoms with Gasteiger partial charge >= 0.3 is 240 Å². The molecule has 4 heterocycles. The van der Waals surface area contributed by atoms with Gasteiger partial charge in [0.1, 0.15) is 0 Å². The Hall–Kier alpha value is -3.73. The molecule has 2 fully saturated rings. The predicted octanol–water partition coefficient (Wildman–Crippen LogP) is 3.44. The fraction of sp³-hybridized carbons (Fsp3) is 0.486. The van der Waals surface area contributed by atoms with E-state index in [4.69, 9.17) is 9.47 Å². The Morgan fingerprint density at radius 1 is 0.731 bits per heavy atom. The van der Waals surface area contributed by atoms with Gasteiger partial charge in [-0.05, 0) is 25.9 Å². The number of esters is 2. The number of unbranched alkanes of at least 4 members (excludes halogenated alkanes) is 1. The van der Waals surface area contributed by atoms with Crippen molar-refractivity contribution in [3.63, 3.8) is 0 Å². The van der Waals surface area contributed by atoms with E-state index in [1.165, 1.54) is 11.3 Å². The van der Waals surface area contributed by atoms with Crippen molar-refractivity contribution in [3.8, 4) is 0 Å². The molecule has 2 unspecified atom stereocenters. The second-order valence-electron chi connectivity index (χ2n) is 13.3. The van der Waals surface area contributed by atoms with Gasteiger partial charge in [0.05, 0.1) is 5.92 Å². The third-order valence-corrected chi connectivity index (χ3v) is 15.3. The zero-order valence-electron chi connectivity index (χ0n) is 29.2. The normalized spacial score (nSPS) is 17.7. The van der Waals surface area contributed by atoms with Crippen LogP contribution >= 0.6 is 11.3 Å². The zero-order valence-corrected chi connectivity index (χ0v) is 32.9. The van der Waals surface area contributed by atoms with Gasteiger partial charge in [0.25, 0.3) is 0 Å². The monoisotopic (exact) mass is 836 g/mol. The fourth-order valence-corrected chi connectivity index (χ4v) is 12.2. The second kappa shape index (κ2) is 19.4. The number of anilines is 1. The summed E-state index contributed by atoms with van der Waals surface area (Å²) in [5.74, 6) is -2.43. The summed E-state index contributed by atoms with van der Waals surface area (Å²) in [4.78, 5) is 52.1. The van der Waals surface area contributed by atoms with E-state index in [1.54, 1.807) is 0 Å². The number of aryl methyl sites for hydroxylation is 1. The molecule has 15 heteroatoms. The Bertz CT molecular complexity index is 1680. The van der Waals surface area contributed by atoms with Crippen LogP contribution in [0.1, 0.15) is 72.9 Å². The van der Waals surface area contributed by atoms with Crippen molar-refractivity contribution in [3.05, 3.63) is 76.8 Å². The molecule has 0 saturated carbocycles. The smallest absolute Gasteiger partial charge is 0.317 e. The van der Waals surface area contributed by atoms with Crippen LogP contribution in [-0.4, -0.2) is 97.4 Å². The van der Waals surface area contributed by atoms with E-state index in [0.29, 0.717) is 11.6 Å². The molecule has 1 aromatic heterocycles. The van der Waals surface area contributed by atoms with Crippen LogP contribution in [-0.2, 0) is 35.1 Å². The van der Waals surface area contributed by atoms with E-state index in [0.717, 1.165) is 91.0 Å². The van der Waals surface area contributed by atoms with Gasteiger partial charge in [-0.1, -0.05) is 30.3 Å². The SMILES string of the molecule is O=C(OCC(C(=O)Nc1nnc(CCCC[C]2=[N][Sn]2[NH]C(=O)C(COC(=O)C2CCNCC2)c2ccccc2)s1)c1ccccc1)C1CCNCC1. The van der Waals surface area contributed by atoms with Crippen LogP contribution in [0.2, 0.25) is 0 Å². The summed E-state index contributed by atoms with van der Waals surface area (Å²) in [6.45, 7) is 3.15. The first-order valence-electron chi connectivity index (χ1n) is 18.2. The number of carbonyl (C=O) groups excluding carboxylic acids is 4. The number of hydrogen-bond donors (Lipinski definition) is 4. The summed E-state index contributed by atoms with van der Waals surface area (Å²) in [6.07, 6.45) is 6.27. The van der Waals surface area contributed by atoms with Crippen LogP contribution in [0, 0.1) is 11.8 Å². The van der Waals surface area contributed by atoms with Crippen LogP contribution in [0.5, 0.6) is 0 Å². The van der Waals surface area contributed by atoms with E-state index in [2.05, 4.69) is 32.9 Å². The number of aromatic nitrogens is 2. The first kappa shape index (κ1) is 38.0. The Balaban J connectivity index is 0.923. The van der Waals surface area contributed by atoms with Gasteiger partial charge in [0, 0.05) is 0 Å². The van der Waals surface area contributed by atoms with Gasteiger partial charge < -0.3 is 10.1 Å². The average Bonchev–Trinajstić information content (AvgIpc) is 3.77. The van der Waals surface area contributed by atoms with Crippen molar-refractivity contribution >= 4 is 64.3 Å². The quantitative estimate of drug-likeness (QED) is 0.0897. The number of nitrogens with zero attached hydrogens (tertiary/aromatic N) is 3. The number of benzene rings is 2. The first-order chi connectivity index (χ1) is 25.4. The molecule has 6 rings (SSSR count). The Labute approximate surface area is 315 Å². The molecule has 275 valence electrons.